The van der Waals surface area contributed by atoms with Crippen molar-refractivity contribution < 1.29 is 49.2 Å². The number of methoxy groups -OCH3 is 1. The molecule has 10 heteroatoms. The lowest BCUT2D eigenvalue weighted by atomic mass is 9.89. The maximum Gasteiger partial charge on any atom is 0.229 e. The summed E-state index contributed by atoms with van der Waals surface area (Å²) in [6.45, 7) is -0.239. The molecule has 1 fully saturated rings. The minimum Gasteiger partial charge on any atom is -0.502 e. The minimum absolute atomic E-state index is 0.0744. The van der Waals surface area contributed by atoms with Gasteiger partial charge in [-0.05, 0) is 18.2 Å². The normalized spacial score (nSPS) is 32.7. The highest BCUT2D eigenvalue weighted by Crippen LogP contribution is 2.55. The van der Waals surface area contributed by atoms with Gasteiger partial charge >= 0.3 is 0 Å². The van der Waals surface area contributed by atoms with Crippen LogP contribution in [0.3, 0.4) is 0 Å². The first-order valence-corrected chi connectivity index (χ1v) is 10.2. The predicted octanol–water partition coefficient (Wildman–Crippen LogP) is 0.189. The average molecular weight is 448 g/mol. The smallest absolute Gasteiger partial charge is 0.229 e. The predicted molar refractivity (Wildman–Crippen MR) is 107 cm³/mol. The van der Waals surface area contributed by atoms with Gasteiger partial charge in [0, 0.05) is 17.2 Å². The summed E-state index contributed by atoms with van der Waals surface area (Å²) in [5, 5.41) is 49.8. The van der Waals surface area contributed by atoms with E-state index < -0.39 is 37.3 Å². The molecule has 0 aliphatic carbocycles. The van der Waals surface area contributed by atoms with Crippen molar-refractivity contribution in [3.05, 3.63) is 41.5 Å². The van der Waals surface area contributed by atoms with Crippen molar-refractivity contribution in [3.8, 4) is 28.7 Å². The third kappa shape index (κ3) is 3.23. The van der Waals surface area contributed by atoms with E-state index in [9.17, 15) is 25.5 Å². The Kier molecular flexibility index (Phi) is 5.26. The molecule has 0 bridgehead atoms. The molecule has 2 aromatic carbocycles. The van der Waals surface area contributed by atoms with Gasteiger partial charge in [-0.1, -0.05) is 6.07 Å². The Balaban J connectivity index is 1.38. The summed E-state index contributed by atoms with van der Waals surface area (Å²) >= 11 is 0. The molecule has 172 valence electrons. The van der Waals surface area contributed by atoms with E-state index in [4.69, 9.17) is 23.7 Å². The molecule has 10 nitrogen and oxygen atoms in total. The van der Waals surface area contributed by atoms with Crippen LogP contribution in [0.4, 0.5) is 0 Å². The summed E-state index contributed by atoms with van der Waals surface area (Å²) in [6.07, 6.45) is -7.23. The molecule has 32 heavy (non-hydrogen) atoms. The maximum atomic E-state index is 10.4. The molecule has 3 aliphatic heterocycles. The molecule has 3 aliphatic rings. The molecule has 0 spiro atoms. The van der Waals surface area contributed by atoms with Crippen LogP contribution in [0.1, 0.15) is 23.1 Å². The fourth-order valence-electron chi connectivity index (χ4n) is 4.42. The fraction of sp³-hybridized carbons (Fsp3) is 0.455. The number of aromatic hydroxyl groups is 1. The molecule has 3 heterocycles. The maximum absolute atomic E-state index is 10.4. The Morgan fingerprint density at radius 3 is 2.56 bits per heavy atom. The van der Waals surface area contributed by atoms with Gasteiger partial charge in [0.1, 0.15) is 42.0 Å². The van der Waals surface area contributed by atoms with Gasteiger partial charge in [0.15, 0.2) is 11.5 Å². The molecule has 1 saturated heterocycles. The van der Waals surface area contributed by atoms with Crippen LogP contribution in [-0.2, 0) is 4.74 Å². The number of ether oxygens (including phenoxy) is 5. The van der Waals surface area contributed by atoms with E-state index in [0.717, 1.165) is 5.56 Å². The van der Waals surface area contributed by atoms with E-state index in [2.05, 4.69) is 0 Å². The highest BCUT2D eigenvalue weighted by Gasteiger charge is 2.45. The van der Waals surface area contributed by atoms with Crippen molar-refractivity contribution in [3.63, 3.8) is 0 Å². The number of aliphatic hydroxyl groups is 4. The third-order valence-electron chi connectivity index (χ3n) is 6.16. The van der Waals surface area contributed by atoms with Crippen LogP contribution in [0, 0.1) is 0 Å². The van der Waals surface area contributed by atoms with Gasteiger partial charge in [-0.2, -0.15) is 0 Å². The summed E-state index contributed by atoms with van der Waals surface area (Å²) in [5.74, 6) is 1.34. The lowest BCUT2D eigenvalue weighted by Crippen LogP contribution is -2.60. The molecule has 0 radical (unpaired) electrons. The van der Waals surface area contributed by atoms with Crippen molar-refractivity contribution >= 4 is 0 Å². The van der Waals surface area contributed by atoms with Gasteiger partial charge in [0.05, 0.1) is 26.2 Å². The Labute approximate surface area is 183 Å². The highest BCUT2D eigenvalue weighted by atomic mass is 16.7. The van der Waals surface area contributed by atoms with E-state index in [-0.39, 0.29) is 17.8 Å². The molecule has 5 N–H and O–H groups in total. The van der Waals surface area contributed by atoms with Crippen molar-refractivity contribution in [2.45, 2.75) is 42.7 Å². The van der Waals surface area contributed by atoms with E-state index in [1.807, 2.05) is 6.07 Å². The second kappa shape index (κ2) is 7.98. The van der Waals surface area contributed by atoms with Gasteiger partial charge in [-0.25, -0.2) is 0 Å². The first-order valence-electron chi connectivity index (χ1n) is 10.2. The molecule has 0 amide bonds. The standard InChI is InChI=1S/C22H24O10/c1-28-13-5-4-11-20-12(8-29-21(11)17(13)25)10-3-2-9(6-14(10)31-20)30-22-19(27)18(26)16(24)15(7-23)32-22/h2-6,12,15-16,18-20,22-27H,7-8H2,1H3/t12-,15+,16+,18-,19+,20-,22+/m1/s1. The zero-order valence-electron chi connectivity index (χ0n) is 17.1. The summed E-state index contributed by atoms with van der Waals surface area (Å²) in [4.78, 5) is 0. The topological polar surface area (TPSA) is 147 Å². The molecule has 2 aromatic rings. The quantitative estimate of drug-likeness (QED) is 0.439. The van der Waals surface area contributed by atoms with Crippen molar-refractivity contribution in [2.75, 3.05) is 20.3 Å². The molecule has 7 atom stereocenters. The van der Waals surface area contributed by atoms with Gasteiger partial charge in [0.2, 0.25) is 12.0 Å². The van der Waals surface area contributed by atoms with Crippen LogP contribution < -0.4 is 18.9 Å². The summed E-state index contributed by atoms with van der Waals surface area (Å²) in [5.41, 5.74) is 1.60. The van der Waals surface area contributed by atoms with Gasteiger partial charge in [-0.15, -0.1) is 0 Å². The third-order valence-corrected chi connectivity index (χ3v) is 6.16. The van der Waals surface area contributed by atoms with E-state index >= 15 is 0 Å². The van der Waals surface area contributed by atoms with Gasteiger partial charge in [0.25, 0.3) is 0 Å². The number of phenolic OH excluding ortho intramolecular Hbond substituents is 1. The zero-order chi connectivity index (χ0) is 22.6. The number of fused-ring (bicyclic) bond motifs is 5. The highest BCUT2D eigenvalue weighted by molar-refractivity contribution is 5.59. The number of hydrogen-bond donors (Lipinski definition) is 5. The zero-order valence-corrected chi connectivity index (χ0v) is 17.1. The van der Waals surface area contributed by atoms with Crippen LogP contribution in [0.25, 0.3) is 0 Å². The molecule has 0 unspecified atom stereocenters. The molecule has 0 saturated carbocycles. The van der Waals surface area contributed by atoms with Crippen LogP contribution in [0.5, 0.6) is 28.7 Å². The van der Waals surface area contributed by atoms with Crippen molar-refractivity contribution in [2.24, 2.45) is 0 Å². The largest absolute Gasteiger partial charge is 0.502 e. The van der Waals surface area contributed by atoms with E-state index in [0.29, 0.717) is 35.2 Å². The van der Waals surface area contributed by atoms with Crippen LogP contribution in [-0.4, -0.2) is 76.6 Å². The van der Waals surface area contributed by atoms with Crippen molar-refractivity contribution in [1.82, 2.24) is 0 Å². The molecular weight excluding hydrogens is 424 g/mol. The second-order valence-electron chi connectivity index (χ2n) is 8.01. The number of aliphatic hydroxyl groups excluding tert-OH is 4. The van der Waals surface area contributed by atoms with Crippen LogP contribution in [0.2, 0.25) is 0 Å². The minimum atomic E-state index is -1.53. The molecular formula is C22H24O10. The lowest BCUT2D eigenvalue weighted by molar-refractivity contribution is -0.277. The fourth-order valence-corrected chi connectivity index (χ4v) is 4.42. The van der Waals surface area contributed by atoms with Crippen LogP contribution >= 0.6 is 0 Å². The van der Waals surface area contributed by atoms with E-state index in [1.54, 1.807) is 24.3 Å². The van der Waals surface area contributed by atoms with Crippen molar-refractivity contribution in [1.29, 1.82) is 0 Å². The van der Waals surface area contributed by atoms with E-state index in [1.165, 1.54) is 7.11 Å². The number of rotatable bonds is 4. The molecule has 5 rings (SSSR count). The van der Waals surface area contributed by atoms with Gasteiger partial charge < -0.3 is 49.2 Å². The van der Waals surface area contributed by atoms with Gasteiger partial charge in [-0.3, -0.25) is 0 Å². The van der Waals surface area contributed by atoms with Crippen LogP contribution in [0.15, 0.2) is 30.3 Å². The number of benzene rings is 2. The summed E-state index contributed by atoms with van der Waals surface area (Å²) in [7, 11) is 1.46. The Morgan fingerprint density at radius 1 is 1.03 bits per heavy atom. The first-order chi connectivity index (χ1) is 15.4. The monoisotopic (exact) mass is 448 g/mol. The molecule has 0 aromatic heterocycles. The summed E-state index contributed by atoms with van der Waals surface area (Å²) in [6, 6.07) is 8.57. The first kappa shape index (κ1) is 21.1. The second-order valence-corrected chi connectivity index (χ2v) is 8.01. The SMILES string of the molecule is COc1ccc2c(c1O)OC[C@@H]1c3ccc(O[C@H]4O[C@@H](CO)[C@H](O)[C@@H](O)[C@@H]4O)cc3O[C@H]21. The Bertz CT molecular complexity index is 1010. The average Bonchev–Trinajstić information content (AvgIpc) is 3.18. The Morgan fingerprint density at radius 2 is 1.81 bits per heavy atom. The Hall–Kier alpha value is -2.76. The lowest BCUT2D eigenvalue weighted by Gasteiger charge is -2.39. The number of phenols is 1. The summed E-state index contributed by atoms with van der Waals surface area (Å²) < 4.78 is 28.2. The number of hydrogen-bond acceptors (Lipinski definition) is 10.